The molecule has 27 heavy (non-hydrogen) atoms. The summed E-state index contributed by atoms with van der Waals surface area (Å²) in [6, 6.07) is -0.312. The number of amides is 3. The minimum atomic E-state index is -0.312. The first kappa shape index (κ1) is 20.2. The molecule has 152 valence electrons. The fourth-order valence-corrected chi connectivity index (χ4v) is 4.75. The molecule has 1 aliphatic carbocycles. The van der Waals surface area contributed by atoms with Gasteiger partial charge in [0.05, 0.1) is 0 Å². The third-order valence-corrected chi connectivity index (χ3v) is 6.37. The average molecular weight is 378 g/mol. The number of likely N-dealkylation sites (tertiary alicyclic amines) is 1. The molecule has 6 nitrogen and oxygen atoms in total. The number of nitrogens with zero attached hydrogens (tertiary/aromatic N) is 2. The maximum absolute atomic E-state index is 13.3. The molecular weight excluding hydrogens is 342 g/mol. The third-order valence-electron chi connectivity index (χ3n) is 6.37. The van der Waals surface area contributed by atoms with Gasteiger partial charge in [0.15, 0.2) is 0 Å². The lowest BCUT2D eigenvalue weighted by Crippen LogP contribution is -2.50. The highest BCUT2D eigenvalue weighted by molar-refractivity contribution is 5.89. The van der Waals surface area contributed by atoms with E-state index in [1.54, 1.807) is 0 Å². The Balaban J connectivity index is 1.63. The Hall–Kier alpha value is -1.59. The lowest BCUT2D eigenvalue weighted by Gasteiger charge is -2.33. The van der Waals surface area contributed by atoms with Crippen LogP contribution in [0.4, 0.5) is 0 Å². The van der Waals surface area contributed by atoms with E-state index in [0.29, 0.717) is 26.1 Å². The quantitative estimate of drug-likeness (QED) is 0.804. The molecule has 0 bridgehead atoms. The van der Waals surface area contributed by atoms with Gasteiger partial charge < -0.3 is 15.1 Å². The first-order valence-electron chi connectivity index (χ1n) is 11.0. The van der Waals surface area contributed by atoms with Crippen LogP contribution in [0.1, 0.15) is 77.0 Å². The van der Waals surface area contributed by atoms with Crippen molar-refractivity contribution in [1.29, 1.82) is 0 Å². The van der Waals surface area contributed by atoms with E-state index in [2.05, 4.69) is 5.32 Å². The van der Waals surface area contributed by atoms with Gasteiger partial charge in [-0.2, -0.15) is 0 Å². The van der Waals surface area contributed by atoms with Crippen molar-refractivity contribution in [3.8, 4) is 0 Å². The van der Waals surface area contributed by atoms with E-state index in [4.69, 9.17) is 0 Å². The summed E-state index contributed by atoms with van der Waals surface area (Å²) in [4.78, 5) is 41.9. The van der Waals surface area contributed by atoms with Gasteiger partial charge in [-0.15, -0.1) is 0 Å². The normalized spacial score (nSPS) is 26.4. The van der Waals surface area contributed by atoms with Crippen LogP contribution in [-0.4, -0.2) is 59.7 Å². The molecule has 3 aliphatic rings. The maximum atomic E-state index is 13.3. The Bertz CT molecular complexity index is 531. The molecule has 0 aromatic heterocycles. The Morgan fingerprint density at radius 1 is 0.778 bits per heavy atom. The van der Waals surface area contributed by atoms with Gasteiger partial charge in [-0.3, -0.25) is 14.4 Å². The first-order valence-corrected chi connectivity index (χ1v) is 11.0. The minimum Gasteiger partial charge on any atom is -0.356 e. The van der Waals surface area contributed by atoms with Crippen molar-refractivity contribution in [1.82, 2.24) is 15.1 Å². The molecule has 3 rings (SSSR count). The molecule has 1 saturated carbocycles. The maximum Gasteiger partial charge on any atom is 0.245 e. The summed E-state index contributed by atoms with van der Waals surface area (Å²) in [5, 5.41) is 2.94. The predicted molar refractivity (Wildman–Crippen MR) is 104 cm³/mol. The van der Waals surface area contributed by atoms with E-state index >= 15 is 0 Å². The highest BCUT2D eigenvalue weighted by atomic mass is 16.2. The SMILES string of the molecule is O=C1CCN(C(=O)C2CCCN2C(=O)C2CCCCC2)CCCCCCN1. The second-order valence-corrected chi connectivity index (χ2v) is 8.36. The molecule has 1 unspecified atom stereocenters. The highest BCUT2D eigenvalue weighted by Crippen LogP contribution is 2.29. The molecule has 2 aliphatic heterocycles. The fraction of sp³-hybridized carbons (Fsp3) is 0.857. The molecule has 2 heterocycles. The molecule has 2 saturated heterocycles. The van der Waals surface area contributed by atoms with Crippen LogP contribution in [0, 0.1) is 5.92 Å². The van der Waals surface area contributed by atoms with E-state index in [1.165, 1.54) is 6.42 Å². The van der Waals surface area contributed by atoms with Crippen molar-refractivity contribution in [3.63, 3.8) is 0 Å². The van der Waals surface area contributed by atoms with Crippen molar-refractivity contribution in [3.05, 3.63) is 0 Å². The highest BCUT2D eigenvalue weighted by Gasteiger charge is 2.39. The van der Waals surface area contributed by atoms with Gasteiger partial charge in [0.25, 0.3) is 0 Å². The zero-order valence-electron chi connectivity index (χ0n) is 16.6. The Morgan fingerprint density at radius 3 is 2.33 bits per heavy atom. The third kappa shape index (κ3) is 5.45. The van der Waals surface area contributed by atoms with Gasteiger partial charge in [-0.25, -0.2) is 0 Å². The molecule has 0 spiro atoms. The lowest BCUT2D eigenvalue weighted by molar-refractivity contribution is -0.147. The van der Waals surface area contributed by atoms with Crippen LogP contribution in [0.5, 0.6) is 0 Å². The van der Waals surface area contributed by atoms with Crippen LogP contribution in [0.3, 0.4) is 0 Å². The van der Waals surface area contributed by atoms with Crippen LogP contribution in [0.25, 0.3) is 0 Å². The van der Waals surface area contributed by atoms with E-state index in [9.17, 15) is 14.4 Å². The number of hydrogen-bond donors (Lipinski definition) is 1. The molecule has 1 atom stereocenters. The Kier molecular flexibility index (Phi) is 7.53. The molecule has 3 fully saturated rings. The summed E-state index contributed by atoms with van der Waals surface area (Å²) >= 11 is 0. The fourth-order valence-electron chi connectivity index (χ4n) is 4.75. The smallest absolute Gasteiger partial charge is 0.245 e. The summed E-state index contributed by atoms with van der Waals surface area (Å²) < 4.78 is 0. The van der Waals surface area contributed by atoms with E-state index < -0.39 is 0 Å². The van der Waals surface area contributed by atoms with Crippen LogP contribution in [-0.2, 0) is 14.4 Å². The molecule has 0 aromatic rings. The molecule has 6 heteroatoms. The number of nitrogens with one attached hydrogen (secondary N) is 1. The van der Waals surface area contributed by atoms with E-state index in [1.807, 2.05) is 9.80 Å². The van der Waals surface area contributed by atoms with Gasteiger partial charge in [0.2, 0.25) is 17.7 Å². The van der Waals surface area contributed by atoms with Crippen molar-refractivity contribution in [2.24, 2.45) is 5.92 Å². The Labute approximate surface area is 163 Å². The second kappa shape index (κ2) is 10.1. The Morgan fingerprint density at radius 2 is 1.52 bits per heavy atom. The van der Waals surface area contributed by atoms with Gasteiger partial charge in [-0.05, 0) is 38.5 Å². The molecule has 1 N–H and O–H groups in total. The zero-order valence-corrected chi connectivity index (χ0v) is 16.6. The van der Waals surface area contributed by atoms with Crippen molar-refractivity contribution in [2.45, 2.75) is 83.1 Å². The lowest BCUT2D eigenvalue weighted by atomic mass is 9.88. The standard InChI is InChI=1S/C21H35N3O3/c25-19-12-16-23(14-7-2-1-6-13-22-19)21(27)18-11-8-15-24(18)20(26)17-9-4-3-5-10-17/h17-18H,1-16H2,(H,22,25). The molecule has 0 aromatic carbocycles. The van der Waals surface area contributed by atoms with Crippen molar-refractivity contribution >= 4 is 17.7 Å². The van der Waals surface area contributed by atoms with Gasteiger partial charge >= 0.3 is 0 Å². The minimum absolute atomic E-state index is 0.0243. The van der Waals surface area contributed by atoms with Crippen LogP contribution in [0.15, 0.2) is 0 Å². The van der Waals surface area contributed by atoms with Crippen molar-refractivity contribution in [2.75, 3.05) is 26.2 Å². The summed E-state index contributed by atoms with van der Waals surface area (Å²) in [5.41, 5.74) is 0. The topological polar surface area (TPSA) is 69.7 Å². The van der Waals surface area contributed by atoms with Crippen molar-refractivity contribution < 1.29 is 14.4 Å². The van der Waals surface area contributed by atoms with Gasteiger partial charge in [0.1, 0.15) is 6.04 Å². The number of carbonyl (C=O) groups is 3. The van der Waals surface area contributed by atoms with Gasteiger partial charge in [0, 0.05) is 38.5 Å². The predicted octanol–water partition coefficient (Wildman–Crippen LogP) is 2.47. The summed E-state index contributed by atoms with van der Waals surface area (Å²) in [6.07, 6.45) is 11.6. The monoisotopic (exact) mass is 377 g/mol. The molecule has 0 radical (unpaired) electrons. The molecule has 3 amide bonds. The largest absolute Gasteiger partial charge is 0.356 e. The zero-order chi connectivity index (χ0) is 19.1. The summed E-state index contributed by atoms with van der Waals surface area (Å²) in [5.74, 6) is 0.390. The number of hydrogen-bond acceptors (Lipinski definition) is 3. The average Bonchev–Trinajstić information content (AvgIpc) is 3.17. The van der Waals surface area contributed by atoms with E-state index in [-0.39, 0.29) is 29.7 Å². The second-order valence-electron chi connectivity index (χ2n) is 8.36. The number of rotatable bonds is 2. The van der Waals surface area contributed by atoms with E-state index in [0.717, 1.165) is 70.8 Å². The number of carbonyl (C=O) groups excluding carboxylic acids is 3. The summed E-state index contributed by atoms with van der Waals surface area (Å²) in [6.45, 7) is 2.61. The van der Waals surface area contributed by atoms with Gasteiger partial charge in [-0.1, -0.05) is 32.1 Å². The molecular formula is C21H35N3O3. The van der Waals surface area contributed by atoms with Crippen LogP contribution in [0.2, 0.25) is 0 Å². The van der Waals surface area contributed by atoms with Crippen LogP contribution >= 0.6 is 0 Å². The van der Waals surface area contributed by atoms with Crippen LogP contribution < -0.4 is 5.32 Å². The first-order chi connectivity index (χ1) is 13.2. The summed E-state index contributed by atoms with van der Waals surface area (Å²) in [7, 11) is 0.